The van der Waals surface area contributed by atoms with Gasteiger partial charge in [0.25, 0.3) is 5.69 Å². The van der Waals surface area contributed by atoms with E-state index in [2.05, 4.69) is 22.0 Å². The molecular weight excluding hydrogens is 422 g/mol. The van der Waals surface area contributed by atoms with Gasteiger partial charge in [-0.1, -0.05) is 6.07 Å². The fourth-order valence-electron chi connectivity index (χ4n) is 4.74. The van der Waals surface area contributed by atoms with Gasteiger partial charge in [-0.25, -0.2) is 4.79 Å². The Hall–Kier alpha value is -2.39. The van der Waals surface area contributed by atoms with Crippen LogP contribution >= 0.6 is 0 Å². The number of nitrogens with one attached hydrogen (secondary N) is 1. The maximum Gasteiger partial charge on any atom is 0.410 e. The zero-order valence-electron chi connectivity index (χ0n) is 20.7. The standard InChI is InChI=1S/C24H39N5O4/c1-18-15-26(16-20-6-7-22(29(31)32)21(14-20)25-5)12-13-28(18)17-19-8-10-27(11-9-19)23(30)33-24(2,3)4/h6-7,14,18-19,25H,8-13,15-17H2,1-5H3/t18-/m0/s1. The summed E-state index contributed by atoms with van der Waals surface area (Å²) >= 11 is 0. The molecule has 0 spiro atoms. The summed E-state index contributed by atoms with van der Waals surface area (Å²) in [7, 11) is 1.71. The van der Waals surface area contributed by atoms with E-state index in [-0.39, 0.29) is 16.7 Å². The van der Waals surface area contributed by atoms with Crippen molar-refractivity contribution in [3.05, 3.63) is 33.9 Å². The minimum atomic E-state index is -0.452. The summed E-state index contributed by atoms with van der Waals surface area (Å²) in [4.78, 5) is 29.9. The van der Waals surface area contributed by atoms with Gasteiger partial charge in [0, 0.05) is 65.0 Å². The SMILES string of the molecule is CNc1cc(CN2CCN(CC3CCN(C(=O)OC(C)(C)C)CC3)[C@@H](C)C2)ccc1[N+](=O)[O-]. The molecule has 0 unspecified atom stereocenters. The third kappa shape index (κ3) is 7.04. The van der Waals surface area contributed by atoms with E-state index in [4.69, 9.17) is 4.74 Å². The van der Waals surface area contributed by atoms with Gasteiger partial charge >= 0.3 is 6.09 Å². The molecule has 184 valence electrons. The third-order valence-corrected chi connectivity index (χ3v) is 6.54. The van der Waals surface area contributed by atoms with E-state index in [1.807, 2.05) is 37.8 Å². The normalized spacial score (nSPS) is 21.1. The number of likely N-dealkylation sites (tertiary alicyclic amines) is 1. The molecule has 2 aliphatic heterocycles. The Morgan fingerprint density at radius 1 is 1.21 bits per heavy atom. The molecule has 0 saturated carbocycles. The summed E-state index contributed by atoms with van der Waals surface area (Å²) in [6, 6.07) is 5.77. The highest BCUT2D eigenvalue weighted by Crippen LogP contribution is 2.27. The van der Waals surface area contributed by atoms with Crippen molar-refractivity contribution < 1.29 is 14.5 Å². The first kappa shape index (κ1) is 25.2. The third-order valence-electron chi connectivity index (χ3n) is 6.54. The number of hydrogen-bond acceptors (Lipinski definition) is 7. The molecule has 1 N–H and O–H groups in total. The lowest BCUT2D eigenvalue weighted by molar-refractivity contribution is -0.384. The minimum absolute atomic E-state index is 0.108. The van der Waals surface area contributed by atoms with Crippen LogP contribution in [0.2, 0.25) is 0 Å². The van der Waals surface area contributed by atoms with Gasteiger partial charge in [-0.15, -0.1) is 0 Å². The summed E-state index contributed by atoms with van der Waals surface area (Å²) in [6.45, 7) is 14.3. The summed E-state index contributed by atoms with van der Waals surface area (Å²) in [5.74, 6) is 0.602. The van der Waals surface area contributed by atoms with E-state index in [1.54, 1.807) is 13.1 Å². The highest BCUT2D eigenvalue weighted by molar-refractivity contribution is 5.68. The van der Waals surface area contributed by atoms with Crippen LogP contribution in [-0.4, -0.2) is 83.7 Å². The largest absolute Gasteiger partial charge is 0.444 e. The summed E-state index contributed by atoms with van der Waals surface area (Å²) < 4.78 is 5.51. The molecule has 1 amide bonds. The second kappa shape index (κ2) is 10.7. The molecule has 33 heavy (non-hydrogen) atoms. The van der Waals surface area contributed by atoms with E-state index in [1.165, 1.54) is 0 Å². The van der Waals surface area contributed by atoms with Crippen molar-refractivity contribution >= 4 is 17.5 Å². The van der Waals surface area contributed by atoms with Crippen LogP contribution in [0.4, 0.5) is 16.2 Å². The number of nitrogens with zero attached hydrogens (tertiary/aromatic N) is 4. The van der Waals surface area contributed by atoms with Crippen molar-refractivity contribution in [2.45, 2.75) is 58.7 Å². The van der Waals surface area contributed by atoms with Crippen molar-refractivity contribution in [2.75, 3.05) is 51.6 Å². The number of rotatable bonds is 6. The van der Waals surface area contributed by atoms with Gasteiger partial charge in [0.2, 0.25) is 0 Å². The Balaban J connectivity index is 1.46. The molecule has 2 saturated heterocycles. The molecule has 3 rings (SSSR count). The quantitative estimate of drug-likeness (QED) is 0.509. The van der Waals surface area contributed by atoms with Crippen LogP contribution < -0.4 is 5.32 Å². The van der Waals surface area contributed by atoms with Crippen LogP contribution in [0.5, 0.6) is 0 Å². The first-order chi connectivity index (χ1) is 15.6. The molecule has 2 heterocycles. The Labute approximate surface area is 197 Å². The monoisotopic (exact) mass is 461 g/mol. The Morgan fingerprint density at radius 2 is 1.91 bits per heavy atom. The van der Waals surface area contributed by atoms with E-state index in [0.29, 0.717) is 17.6 Å². The second-order valence-corrected chi connectivity index (χ2v) is 10.3. The van der Waals surface area contributed by atoms with Gasteiger partial charge in [-0.05, 0) is 58.1 Å². The van der Waals surface area contributed by atoms with Crippen LogP contribution in [0.1, 0.15) is 46.1 Å². The topological polar surface area (TPSA) is 91.2 Å². The lowest BCUT2D eigenvalue weighted by Crippen LogP contribution is -2.53. The van der Waals surface area contributed by atoms with Crippen molar-refractivity contribution in [3.63, 3.8) is 0 Å². The lowest BCUT2D eigenvalue weighted by atomic mass is 9.95. The fourth-order valence-corrected chi connectivity index (χ4v) is 4.74. The van der Waals surface area contributed by atoms with Gasteiger partial charge in [0.1, 0.15) is 11.3 Å². The molecule has 1 aromatic rings. The number of benzene rings is 1. The number of hydrogen-bond donors (Lipinski definition) is 1. The summed E-state index contributed by atoms with van der Waals surface area (Å²) in [6.07, 6.45) is 1.83. The predicted octanol–water partition coefficient (Wildman–Crippen LogP) is 3.79. The number of nitro groups is 1. The van der Waals surface area contributed by atoms with Crippen molar-refractivity contribution in [1.29, 1.82) is 0 Å². The van der Waals surface area contributed by atoms with Gasteiger partial charge in [-0.3, -0.25) is 19.9 Å². The first-order valence-corrected chi connectivity index (χ1v) is 11.9. The van der Waals surface area contributed by atoms with E-state index in [0.717, 1.165) is 64.2 Å². The fraction of sp³-hybridized carbons (Fsp3) is 0.708. The number of piperidine rings is 1. The van der Waals surface area contributed by atoms with Gasteiger partial charge in [-0.2, -0.15) is 0 Å². The van der Waals surface area contributed by atoms with Crippen molar-refractivity contribution in [3.8, 4) is 0 Å². The zero-order valence-corrected chi connectivity index (χ0v) is 20.7. The lowest BCUT2D eigenvalue weighted by Gasteiger charge is -2.42. The van der Waals surface area contributed by atoms with Crippen LogP contribution in [0.3, 0.4) is 0 Å². The molecule has 0 radical (unpaired) electrons. The number of ether oxygens (including phenoxy) is 1. The van der Waals surface area contributed by atoms with Crippen LogP contribution in [-0.2, 0) is 11.3 Å². The highest BCUT2D eigenvalue weighted by Gasteiger charge is 2.30. The molecule has 0 aromatic heterocycles. The van der Waals surface area contributed by atoms with Crippen LogP contribution in [0.25, 0.3) is 0 Å². The molecule has 2 fully saturated rings. The van der Waals surface area contributed by atoms with E-state index < -0.39 is 5.60 Å². The minimum Gasteiger partial charge on any atom is -0.444 e. The first-order valence-electron chi connectivity index (χ1n) is 11.9. The summed E-state index contributed by atoms with van der Waals surface area (Å²) in [5, 5.41) is 14.1. The Kier molecular flexibility index (Phi) is 8.18. The second-order valence-electron chi connectivity index (χ2n) is 10.3. The van der Waals surface area contributed by atoms with Crippen molar-refractivity contribution in [2.24, 2.45) is 5.92 Å². The smallest absolute Gasteiger partial charge is 0.410 e. The van der Waals surface area contributed by atoms with E-state index in [9.17, 15) is 14.9 Å². The molecule has 9 nitrogen and oxygen atoms in total. The molecule has 1 aromatic carbocycles. The van der Waals surface area contributed by atoms with E-state index >= 15 is 0 Å². The number of carbonyl (C=O) groups excluding carboxylic acids is 1. The number of nitro benzene ring substituents is 1. The van der Waals surface area contributed by atoms with Gasteiger partial charge < -0.3 is 15.0 Å². The van der Waals surface area contributed by atoms with Gasteiger partial charge in [0.05, 0.1) is 4.92 Å². The van der Waals surface area contributed by atoms with Crippen LogP contribution in [0, 0.1) is 16.0 Å². The number of carbonyl (C=O) groups is 1. The highest BCUT2D eigenvalue weighted by atomic mass is 16.6. The molecular formula is C24H39N5O4. The predicted molar refractivity (Wildman–Crippen MR) is 129 cm³/mol. The molecule has 2 aliphatic rings. The average molecular weight is 462 g/mol. The summed E-state index contributed by atoms with van der Waals surface area (Å²) in [5.41, 5.74) is 1.30. The zero-order chi connectivity index (χ0) is 24.2. The Bertz CT molecular complexity index is 833. The molecule has 0 aliphatic carbocycles. The van der Waals surface area contributed by atoms with Gasteiger partial charge in [0.15, 0.2) is 0 Å². The molecule has 9 heteroatoms. The van der Waals surface area contributed by atoms with Crippen LogP contribution in [0.15, 0.2) is 18.2 Å². The number of amides is 1. The average Bonchev–Trinajstić information content (AvgIpc) is 2.74. The molecule has 0 bridgehead atoms. The number of anilines is 1. The maximum atomic E-state index is 12.3. The Morgan fingerprint density at radius 3 is 2.48 bits per heavy atom. The number of piperazine rings is 1. The van der Waals surface area contributed by atoms with Crippen molar-refractivity contribution in [1.82, 2.24) is 14.7 Å². The molecule has 1 atom stereocenters. The maximum absolute atomic E-state index is 12.3.